The quantitative estimate of drug-likeness (QED) is 0.718. The van der Waals surface area contributed by atoms with Crippen LogP contribution in [0.2, 0.25) is 0 Å². The summed E-state index contributed by atoms with van der Waals surface area (Å²) in [7, 11) is -3.66. The third-order valence-corrected chi connectivity index (χ3v) is 8.79. The first-order chi connectivity index (χ1) is 13.6. The minimum absolute atomic E-state index is 0.104. The number of benzene rings is 2. The average molecular weight is 438 g/mol. The Morgan fingerprint density at radius 1 is 1.07 bits per heavy atom. The summed E-state index contributed by atoms with van der Waals surface area (Å²) in [5.41, 5.74) is 3.93. The van der Waals surface area contributed by atoms with E-state index >= 15 is 0 Å². The molecule has 0 unspecified atom stereocenters. The van der Waals surface area contributed by atoms with E-state index < -0.39 is 20.0 Å². The van der Waals surface area contributed by atoms with Crippen LogP contribution in [0.1, 0.15) is 23.6 Å². The fourth-order valence-electron chi connectivity index (χ4n) is 3.39. The fourth-order valence-corrected chi connectivity index (χ4v) is 5.44. The summed E-state index contributed by atoms with van der Waals surface area (Å²) < 4.78 is 51.8. The number of hydrogen-bond donors (Lipinski definition) is 1. The highest BCUT2D eigenvalue weighted by Crippen LogP contribution is 2.28. The third-order valence-electron chi connectivity index (χ3n) is 5.15. The molecule has 1 heterocycles. The van der Waals surface area contributed by atoms with Crippen LogP contribution in [0.5, 0.6) is 0 Å². The number of anilines is 1. The average Bonchev–Trinajstić information content (AvgIpc) is 2.71. The summed E-state index contributed by atoms with van der Waals surface area (Å²) >= 11 is 0. The van der Waals surface area contributed by atoms with E-state index in [-0.39, 0.29) is 10.6 Å². The smallest absolute Gasteiger partial charge is 0.242 e. The molecule has 2 aromatic rings. The lowest BCUT2D eigenvalue weighted by atomic mass is 9.99. The van der Waals surface area contributed by atoms with Crippen LogP contribution >= 0.6 is 0 Å². The second kappa shape index (κ2) is 8.43. The summed E-state index contributed by atoms with van der Waals surface area (Å²) in [6.45, 7) is 2.99. The van der Waals surface area contributed by atoms with Gasteiger partial charge in [-0.2, -0.15) is 4.31 Å². The second-order valence-electron chi connectivity index (χ2n) is 7.22. The van der Waals surface area contributed by atoms with Crippen molar-refractivity contribution >= 4 is 25.7 Å². The molecule has 0 atom stereocenters. The minimum atomic E-state index is -3.48. The van der Waals surface area contributed by atoms with Crippen LogP contribution in [0.15, 0.2) is 47.4 Å². The van der Waals surface area contributed by atoms with Gasteiger partial charge in [0.1, 0.15) is 0 Å². The normalized spacial score (nSPS) is 15.3. The summed E-state index contributed by atoms with van der Waals surface area (Å²) in [4.78, 5) is 0.261. The number of sulfonamides is 2. The summed E-state index contributed by atoms with van der Waals surface area (Å²) in [5.74, 6) is 0.104. The van der Waals surface area contributed by atoms with Crippen LogP contribution in [-0.2, 0) is 39.6 Å². The molecule has 1 aliphatic heterocycles. The molecule has 0 aromatic heterocycles. The molecular weight excluding hydrogens is 410 g/mol. The molecule has 3 rings (SSSR count). The highest BCUT2D eigenvalue weighted by Gasteiger charge is 2.26. The van der Waals surface area contributed by atoms with Crippen LogP contribution in [0.4, 0.5) is 5.69 Å². The molecule has 1 N–H and O–H groups in total. The van der Waals surface area contributed by atoms with E-state index in [1.165, 1.54) is 22.7 Å². The van der Waals surface area contributed by atoms with Gasteiger partial charge in [-0.25, -0.2) is 21.1 Å². The maximum atomic E-state index is 12.3. The first-order valence-electron chi connectivity index (χ1n) is 9.49. The van der Waals surface area contributed by atoms with Crippen molar-refractivity contribution in [2.24, 2.45) is 0 Å². The predicted octanol–water partition coefficient (Wildman–Crippen LogP) is 2.26. The Hall–Kier alpha value is -1.94. The summed E-state index contributed by atoms with van der Waals surface area (Å²) in [5, 5.41) is 3.39. The minimum Gasteiger partial charge on any atom is -0.381 e. The van der Waals surface area contributed by atoms with Gasteiger partial charge in [0.2, 0.25) is 20.0 Å². The van der Waals surface area contributed by atoms with Gasteiger partial charge < -0.3 is 5.32 Å². The van der Waals surface area contributed by atoms with Gasteiger partial charge in [-0.3, -0.25) is 0 Å². The molecule has 0 aliphatic carbocycles. The first-order valence-corrected chi connectivity index (χ1v) is 12.5. The van der Waals surface area contributed by atoms with Gasteiger partial charge in [-0.05, 0) is 48.2 Å². The molecule has 0 bridgehead atoms. The van der Waals surface area contributed by atoms with Crippen molar-refractivity contribution in [2.75, 3.05) is 31.7 Å². The largest absolute Gasteiger partial charge is 0.381 e. The van der Waals surface area contributed by atoms with E-state index in [4.69, 9.17) is 0 Å². The molecule has 1 aliphatic rings. The highest BCUT2D eigenvalue weighted by atomic mass is 32.2. The number of rotatable bonds is 7. The molecule has 7 nitrogen and oxygen atoms in total. The standard InChI is InChI=1S/C20H27N3O4S2/c1-4-28(24,25)23-12-11-19-17(15-23)8-6-10-20(19)21-14-16-7-5-9-18(13-16)29(26,27)22(2)3/h5-10,13,21H,4,11-12,14-15H2,1-3H3. The van der Waals surface area contributed by atoms with Crippen LogP contribution in [0.3, 0.4) is 0 Å². The Morgan fingerprint density at radius 3 is 2.48 bits per heavy atom. The van der Waals surface area contributed by atoms with Crippen molar-refractivity contribution in [1.29, 1.82) is 0 Å². The van der Waals surface area contributed by atoms with Gasteiger partial charge in [-0.1, -0.05) is 24.3 Å². The first kappa shape index (κ1) is 21.8. The van der Waals surface area contributed by atoms with E-state index in [0.717, 1.165) is 22.4 Å². The van der Waals surface area contributed by atoms with Crippen molar-refractivity contribution in [3.63, 3.8) is 0 Å². The number of hydrogen-bond acceptors (Lipinski definition) is 5. The topological polar surface area (TPSA) is 86.8 Å². The van der Waals surface area contributed by atoms with Gasteiger partial charge in [0.05, 0.1) is 10.6 Å². The van der Waals surface area contributed by atoms with E-state index in [0.29, 0.717) is 26.1 Å². The van der Waals surface area contributed by atoms with E-state index in [2.05, 4.69) is 5.32 Å². The summed E-state index contributed by atoms with van der Waals surface area (Å²) in [6.07, 6.45) is 0.646. The van der Waals surface area contributed by atoms with Crippen molar-refractivity contribution in [2.45, 2.75) is 31.3 Å². The number of fused-ring (bicyclic) bond motifs is 1. The molecule has 0 saturated heterocycles. The fraction of sp³-hybridized carbons (Fsp3) is 0.400. The second-order valence-corrected chi connectivity index (χ2v) is 11.6. The molecule has 0 fully saturated rings. The van der Waals surface area contributed by atoms with E-state index in [1.54, 1.807) is 25.1 Å². The maximum Gasteiger partial charge on any atom is 0.242 e. The highest BCUT2D eigenvalue weighted by molar-refractivity contribution is 7.89. The van der Waals surface area contributed by atoms with Gasteiger partial charge >= 0.3 is 0 Å². The molecular formula is C20H27N3O4S2. The van der Waals surface area contributed by atoms with Crippen molar-refractivity contribution in [3.8, 4) is 0 Å². The van der Waals surface area contributed by atoms with E-state index in [1.807, 2.05) is 24.3 Å². The van der Waals surface area contributed by atoms with Crippen LogP contribution in [-0.4, -0.2) is 51.8 Å². The van der Waals surface area contributed by atoms with Crippen molar-refractivity contribution in [1.82, 2.24) is 8.61 Å². The molecule has 0 amide bonds. The molecule has 158 valence electrons. The van der Waals surface area contributed by atoms with Crippen LogP contribution in [0, 0.1) is 0 Å². The van der Waals surface area contributed by atoms with Gasteiger partial charge in [0, 0.05) is 39.4 Å². The summed E-state index contributed by atoms with van der Waals surface area (Å²) in [6, 6.07) is 12.7. The molecule has 0 saturated carbocycles. The number of nitrogens with one attached hydrogen (secondary N) is 1. The SMILES string of the molecule is CCS(=O)(=O)N1CCc2c(cccc2NCc2cccc(S(=O)(=O)N(C)C)c2)C1. The van der Waals surface area contributed by atoms with Crippen molar-refractivity contribution < 1.29 is 16.8 Å². The lowest BCUT2D eigenvalue weighted by molar-refractivity contribution is 0.392. The van der Waals surface area contributed by atoms with Gasteiger partial charge in [0.15, 0.2) is 0 Å². The number of nitrogens with zero attached hydrogens (tertiary/aromatic N) is 2. The lowest BCUT2D eigenvalue weighted by Gasteiger charge is -2.29. The molecule has 9 heteroatoms. The monoisotopic (exact) mass is 437 g/mol. The van der Waals surface area contributed by atoms with Crippen LogP contribution < -0.4 is 5.32 Å². The predicted molar refractivity (Wildman–Crippen MR) is 115 cm³/mol. The van der Waals surface area contributed by atoms with Gasteiger partial charge in [-0.15, -0.1) is 0 Å². The van der Waals surface area contributed by atoms with E-state index in [9.17, 15) is 16.8 Å². The molecule has 0 spiro atoms. The Morgan fingerprint density at radius 2 is 1.79 bits per heavy atom. The lowest BCUT2D eigenvalue weighted by Crippen LogP contribution is -2.37. The maximum absolute atomic E-state index is 12.3. The zero-order chi connectivity index (χ0) is 21.2. The molecule has 0 radical (unpaired) electrons. The Balaban J connectivity index is 1.78. The molecule has 29 heavy (non-hydrogen) atoms. The Labute approximate surface area is 173 Å². The zero-order valence-corrected chi connectivity index (χ0v) is 18.6. The van der Waals surface area contributed by atoms with Crippen LogP contribution in [0.25, 0.3) is 0 Å². The Bertz CT molecular complexity index is 1100. The van der Waals surface area contributed by atoms with Gasteiger partial charge in [0.25, 0.3) is 0 Å². The molecule has 2 aromatic carbocycles. The Kier molecular flexibility index (Phi) is 6.33. The van der Waals surface area contributed by atoms with Crippen molar-refractivity contribution in [3.05, 3.63) is 59.2 Å². The third kappa shape index (κ3) is 4.63. The zero-order valence-electron chi connectivity index (χ0n) is 16.9.